The second kappa shape index (κ2) is 6.44. The predicted molar refractivity (Wildman–Crippen MR) is 53.0 cm³/mol. The second-order valence-electron chi connectivity index (χ2n) is 3.98. The van der Waals surface area contributed by atoms with Crippen LogP contribution in [0.2, 0.25) is 0 Å². The summed E-state index contributed by atoms with van der Waals surface area (Å²) >= 11 is 0. The van der Waals surface area contributed by atoms with Crippen molar-refractivity contribution in [3.05, 3.63) is 0 Å². The van der Waals surface area contributed by atoms with Gasteiger partial charge in [-0.3, -0.25) is 0 Å². The quantitative estimate of drug-likeness (QED) is 0.578. The molecule has 0 aromatic rings. The van der Waals surface area contributed by atoms with E-state index in [4.69, 9.17) is 10.8 Å². The van der Waals surface area contributed by atoms with Gasteiger partial charge in [-0.1, -0.05) is 39.5 Å². The number of nitrogens with two attached hydrogens (primary N) is 1. The molecule has 0 saturated heterocycles. The Balaban J connectivity index is 3.45. The van der Waals surface area contributed by atoms with Crippen LogP contribution in [0, 0.1) is 5.41 Å². The van der Waals surface area contributed by atoms with E-state index in [1.807, 2.05) is 0 Å². The molecule has 0 fully saturated rings. The third kappa shape index (κ3) is 4.73. The zero-order valence-electron chi connectivity index (χ0n) is 8.47. The fourth-order valence-electron chi connectivity index (χ4n) is 1.22. The second-order valence-corrected chi connectivity index (χ2v) is 3.98. The van der Waals surface area contributed by atoms with E-state index < -0.39 is 0 Å². The molecule has 1 atom stereocenters. The van der Waals surface area contributed by atoms with Crippen LogP contribution in [0.5, 0.6) is 0 Å². The highest BCUT2D eigenvalue weighted by Crippen LogP contribution is 2.22. The molecule has 12 heavy (non-hydrogen) atoms. The maximum atomic E-state index is 9.06. The molecule has 0 saturated carbocycles. The molecule has 0 heterocycles. The summed E-state index contributed by atoms with van der Waals surface area (Å²) in [5, 5.41) is 9.06. The minimum atomic E-state index is -0.0340. The Morgan fingerprint density at radius 2 is 1.92 bits per heavy atom. The Morgan fingerprint density at radius 3 is 2.33 bits per heavy atom. The summed E-state index contributed by atoms with van der Waals surface area (Å²) in [5.41, 5.74) is 5.54. The van der Waals surface area contributed by atoms with Crippen LogP contribution >= 0.6 is 0 Å². The largest absolute Gasteiger partial charge is 0.396 e. The average molecular weight is 173 g/mol. The SMILES string of the molecule is CCCCCCC(C)(CN)CO. The molecule has 0 aliphatic carbocycles. The van der Waals surface area contributed by atoms with Crippen molar-refractivity contribution in [3.8, 4) is 0 Å². The first-order valence-corrected chi connectivity index (χ1v) is 4.99. The van der Waals surface area contributed by atoms with Gasteiger partial charge in [-0.15, -0.1) is 0 Å². The van der Waals surface area contributed by atoms with E-state index in [2.05, 4.69) is 13.8 Å². The fourth-order valence-corrected chi connectivity index (χ4v) is 1.22. The van der Waals surface area contributed by atoms with Gasteiger partial charge in [0.05, 0.1) is 0 Å². The van der Waals surface area contributed by atoms with Gasteiger partial charge in [0.25, 0.3) is 0 Å². The third-order valence-corrected chi connectivity index (χ3v) is 2.51. The van der Waals surface area contributed by atoms with Crippen LogP contribution in [0.15, 0.2) is 0 Å². The Kier molecular flexibility index (Phi) is 6.39. The zero-order valence-corrected chi connectivity index (χ0v) is 8.47. The van der Waals surface area contributed by atoms with Crippen LogP contribution in [0.3, 0.4) is 0 Å². The molecule has 0 aliphatic rings. The van der Waals surface area contributed by atoms with Crippen molar-refractivity contribution in [1.82, 2.24) is 0 Å². The van der Waals surface area contributed by atoms with Crippen molar-refractivity contribution < 1.29 is 5.11 Å². The highest BCUT2D eigenvalue weighted by molar-refractivity contribution is 4.73. The lowest BCUT2D eigenvalue weighted by Gasteiger charge is -2.24. The first-order valence-electron chi connectivity index (χ1n) is 4.99. The minimum Gasteiger partial charge on any atom is -0.396 e. The third-order valence-electron chi connectivity index (χ3n) is 2.51. The van der Waals surface area contributed by atoms with Gasteiger partial charge in [0.1, 0.15) is 0 Å². The number of rotatable bonds is 7. The van der Waals surface area contributed by atoms with Crippen LogP contribution in [0.25, 0.3) is 0 Å². The number of aliphatic hydroxyl groups excluding tert-OH is 1. The van der Waals surface area contributed by atoms with Gasteiger partial charge in [0, 0.05) is 12.0 Å². The van der Waals surface area contributed by atoms with E-state index in [0.29, 0.717) is 6.54 Å². The van der Waals surface area contributed by atoms with Crippen LogP contribution in [-0.2, 0) is 0 Å². The lowest BCUT2D eigenvalue weighted by atomic mass is 9.85. The van der Waals surface area contributed by atoms with Crippen LogP contribution in [-0.4, -0.2) is 18.3 Å². The van der Waals surface area contributed by atoms with Crippen LogP contribution < -0.4 is 5.73 Å². The van der Waals surface area contributed by atoms with E-state index in [1.54, 1.807) is 0 Å². The smallest absolute Gasteiger partial charge is 0.0496 e. The van der Waals surface area contributed by atoms with E-state index in [0.717, 1.165) is 6.42 Å². The predicted octanol–water partition coefficient (Wildman–Crippen LogP) is 1.91. The molecule has 0 radical (unpaired) electrons. The monoisotopic (exact) mass is 173 g/mol. The highest BCUT2D eigenvalue weighted by atomic mass is 16.3. The van der Waals surface area contributed by atoms with Crippen molar-refractivity contribution in [1.29, 1.82) is 0 Å². The molecule has 74 valence electrons. The minimum absolute atomic E-state index is 0.0340. The summed E-state index contributed by atoms with van der Waals surface area (Å²) in [5.74, 6) is 0. The Hall–Kier alpha value is -0.0800. The number of unbranched alkanes of at least 4 members (excludes halogenated alkanes) is 3. The average Bonchev–Trinajstić information content (AvgIpc) is 2.12. The van der Waals surface area contributed by atoms with Gasteiger partial charge >= 0.3 is 0 Å². The lowest BCUT2D eigenvalue weighted by Crippen LogP contribution is -2.30. The molecule has 0 rings (SSSR count). The summed E-state index contributed by atoms with van der Waals surface area (Å²) in [6.45, 7) is 5.07. The summed E-state index contributed by atoms with van der Waals surface area (Å²) in [7, 11) is 0. The first kappa shape index (κ1) is 11.9. The molecule has 3 N–H and O–H groups in total. The Bertz CT molecular complexity index is 100. The lowest BCUT2D eigenvalue weighted by molar-refractivity contribution is 0.136. The zero-order chi connectivity index (χ0) is 9.45. The van der Waals surface area contributed by atoms with Gasteiger partial charge in [-0.25, -0.2) is 0 Å². The topological polar surface area (TPSA) is 46.2 Å². The molecule has 0 aliphatic heterocycles. The maximum absolute atomic E-state index is 9.06. The number of aliphatic hydroxyl groups is 1. The summed E-state index contributed by atoms with van der Waals surface area (Å²) in [6, 6.07) is 0. The van der Waals surface area contributed by atoms with Crippen molar-refractivity contribution in [2.75, 3.05) is 13.2 Å². The summed E-state index contributed by atoms with van der Waals surface area (Å²) in [6.07, 6.45) is 6.08. The van der Waals surface area contributed by atoms with E-state index in [-0.39, 0.29) is 12.0 Å². The molecule has 0 aromatic heterocycles. The van der Waals surface area contributed by atoms with Gasteiger partial charge < -0.3 is 10.8 Å². The molecule has 1 unspecified atom stereocenters. The molecular formula is C10H23NO. The van der Waals surface area contributed by atoms with Crippen molar-refractivity contribution >= 4 is 0 Å². The first-order chi connectivity index (χ1) is 5.68. The van der Waals surface area contributed by atoms with E-state index >= 15 is 0 Å². The molecular weight excluding hydrogens is 150 g/mol. The van der Waals surface area contributed by atoms with E-state index in [1.165, 1.54) is 25.7 Å². The summed E-state index contributed by atoms with van der Waals surface area (Å²) < 4.78 is 0. The van der Waals surface area contributed by atoms with Crippen molar-refractivity contribution in [2.45, 2.75) is 46.0 Å². The Labute approximate surface area is 76.2 Å². The molecule has 2 heteroatoms. The van der Waals surface area contributed by atoms with E-state index in [9.17, 15) is 0 Å². The van der Waals surface area contributed by atoms with Crippen LogP contribution in [0.4, 0.5) is 0 Å². The van der Waals surface area contributed by atoms with Crippen LogP contribution in [0.1, 0.15) is 46.0 Å². The molecule has 0 spiro atoms. The molecule has 0 bridgehead atoms. The molecule has 0 aromatic carbocycles. The van der Waals surface area contributed by atoms with Gasteiger partial charge in [0.15, 0.2) is 0 Å². The number of hydrogen-bond donors (Lipinski definition) is 2. The van der Waals surface area contributed by atoms with Crippen molar-refractivity contribution in [2.24, 2.45) is 11.1 Å². The highest BCUT2D eigenvalue weighted by Gasteiger charge is 2.20. The van der Waals surface area contributed by atoms with Gasteiger partial charge in [-0.2, -0.15) is 0 Å². The van der Waals surface area contributed by atoms with Crippen molar-refractivity contribution in [3.63, 3.8) is 0 Å². The Morgan fingerprint density at radius 1 is 1.25 bits per heavy atom. The van der Waals surface area contributed by atoms with Gasteiger partial charge in [0.2, 0.25) is 0 Å². The maximum Gasteiger partial charge on any atom is 0.0496 e. The number of hydrogen-bond acceptors (Lipinski definition) is 2. The normalized spacial score (nSPS) is 16.0. The summed E-state index contributed by atoms with van der Waals surface area (Å²) in [4.78, 5) is 0. The van der Waals surface area contributed by atoms with Gasteiger partial charge in [-0.05, 0) is 13.0 Å². The molecule has 2 nitrogen and oxygen atoms in total. The fraction of sp³-hybridized carbons (Fsp3) is 1.00. The standard InChI is InChI=1S/C10H23NO/c1-3-4-5-6-7-10(2,8-11)9-12/h12H,3-9,11H2,1-2H3. The molecule has 0 amide bonds.